The topological polar surface area (TPSA) is 32.3 Å². The third-order valence-corrected chi connectivity index (χ3v) is 4.08. The second kappa shape index (κ2) is 7.01. The van der Waals surface area contributed by atoms with E-state index in [9.17, 15) is 5.11 Å². The average Bonchev–Trinajstić information content (AvgIpc) is 2.27. The van der Waals surface area contributed by atoms with Crippen molar-refractivity contribution in [2.24, 2.45) is 0 Å². The predicted octanol–water partition coefficient (Wildman–Crippen LogP) is 3.83. The Balaban J connectivity index is 2.38. The largest absolute Gasteiger partial charge is 0.391 e. The van der Waals surface area contributed by atoms with E-state index in [4.69, 9.17) is 23.2 Å². The van der Waals surface area contributed by atoms with Gasteiger partial charge in [-0.15, -0.1) is 11.8 Å². The van der Waals surface area contributed by atoms with Gasteiger partial charge in [0.25, 0.3) is 0 Å². The van der Waals surface area contributed by atoms with Crippen molar-refractivity contribution in [3.8, 4) is 0 Å². The zero-order valence-electron chi connectivity index (χ0n) is 10.8. The molecule has 0 saturated heterocycles. The molecule has 0 aliphatic carbocycles. The first-order chi connectivity index (χ1) is 8.28. The summed E-state index contributed by atoms with van der Waals surface area (Å²) in [6, 6.07) is 5.49. The quantitative estimate of drug-likeness (QED) is 0.811. The van der Waals surface area contributed by atoms with E-state index in [0.29, 0.717) is 22.3 Å². The summed E-state index contributed by atoms with van der Waals surface area (Å²) < 4.78 is 0. The maximum absolute atomic E-state index is 9.86. The van der Waals surface area contributed by atoms with Crippen molar-refractivity contribution in [3.05, 3.63) is 28.2 Å². The van der Waals surface area contributed by atoms with E-state index in [-0.39, 0.29) is 11.6 Å². The fourth-order valence-electron chi connectivity index (χ4n) is 1.24. The lowest BCUT2D eigenvalue weighted by Crippen LogP contribution is -2.41. The Morgan fingerprint density at radius 1 is 1.28 bits per heavy atom. The van der Waals surface area contributed by atoms with Crippen LogP contribution in [0.15, 0.2) is 23.1 Å². The summed E-state index contributed by atoms with van der Waals surface area (Å²) in [5.74, 6) is 0.626. The molecule has 0 radical (unpaired) electrons. The Bertz CT molecular complexity index is 393. The summed E-state index contributed by atoms with van der Waals surface area (Å²) in [5, 5.41) is 14.2. The lowest BCUT2D eigenvalue weighted by Gasteiger charge is -2.22. The van der Waals surface area contributed by atoms with Gasteiger partial charge < -0.3 is 10.4 Å². The summed E-state index contributed by atoms with van der Waals surface area (Å²) >= 11 is 13.3. The van der Waals surface area contributed by atoms with E-state index < -0.39 is 0 Å². The monoisotopic (exact) mass is 307 g/mol. The molecule has 2 N–H and O–H groups in total. The smallest absolute Gasteiger partial charge is 0.0758 e. The van der Waals surface area contributed by atoms with Crippen LogP contribution >= 0.6 is 35.0 Å². The van der Waals surface area contributed by atoms with Gasteiger partial charge in [0.15, 0.2) is 0 Å². The zero-order valence-corrected chi connectivity index (χ0v) is 13.2. The predicted molar refractivity (Wildman–Crippen MR) is 80.9 cm³/mol. The van der Waals surface area contributed by atoms with Crippen molar-refractivity contribution >= 4 is 35.0 Å². The zero-order chi connectivity index (χ0) is 13.8. The van der Waals surface area contributed by atoms with Gasteiger partial charge in [-0.05, 0) is 39.0 Å². The number of β-amino-alcohol motifs (C(OH)–C–C–N with tert-alkyl or cyclic N) is 1. The molecule has 1 aromatic carbocycles. The van der Waals surface area contributed by atoms with E-state index in [0.717, 1.165) is 4.90 Å². The van der Waals surface area contributed by atoms with Crippen molar-refractivity contribution in [1.82, 2.24) is 5.32 Å². The number of aliphatic hydroxyl groups is 1. The summed E-state index contributed by atoms with van der Waals surface area (Å²) in [6.07, 6.45) is -0.385. The van der Waals surface area contributed by atoms with E-state index in [1.165, 1.54) is 0 Å². The van der Waals surface area contributed by atoms with Gasteiger partial charge >= 0.3 is 0 Å². The summed E-state index contributed by atoms with van der Waals surface area (Å²) in [7, 11) is 0. The standard InChI is InChI=1S/C13H19Cl2NOS/c1-13(2,3)16-7-9(17)8-18-10-4-5-11(14)12(15)6-10/h4-6,9,16-17H,7-8H2,1-3H3. The highest BCUT2D eigenvalue weighted by Crippen LogP contribution is 2.28. The van der Waals surface area contributed by atoms with Gasteiger partial charge in [-0.25, -0.2) is 0 Å². The Labute approximate surface area is 123 Å². The third-order valence-electron chi connectivity index (χ3n) is 2.20. The van der Waals surface area contributed by atoms with E-state index in [1.807, 2.05) is 12.1 Å². The van der Waals surface area contributed by atoms with Crippen LogP contribution in [0.25, 0.3) is 0 Å². The van der Waals surface area contributed by atoms with Crippen LogP contribution in [-0.4, -0.2) is 29.0 Å². The lowest BCUT2D eigenvalue weighted by molar-refractivity contribution is 0.183. The van der Waals surface area contributed by atoms with Crippen LogP contribution in [0.5, 0.6) is 0 Å². The van der Waals surface area contributed by atoms with Crippen molar-refractivity contribution in [3.63, 3.8) is 0 Å². The molecule has 5 heteroatoms. The Morgan fingerprint density at radius 3 is 2.50 bits per heavy atom. The Morgan fingerprint density at radius 2 is 1.94 bits per heavy atom. The second-order valence-electron chi connectivity index (χ2n) is 5.17. The van der Waals surface area contributed by atoms with Crippen LogP contribution in [-0.2, 0) is 0 Å². The molecule has 1 aromatic rings. The molecule has 18 heavy (non-hydrogen) atoms. The van der Waals surface area contributed by atoms with Crippen LogP contribution < -0.4 is 5.32 Å². The van der Waals surface area contributed by atoms with E-state index >= 15 is 0 Å². The normalized spacial score (nSPS) is 13.7. The average molecular weight is 308 g/mol. The third kappa shape index (κ3) is 6.30. The molecule has 102 valence electrons. The maximum atomic E-state index is 9.86. The SMILES string of the molecule is CC(C)(C)NCC(O)CSc1ccc(Cl)c(Cl)c1. The summed E-state index contributed by atoms with van der Waals surface area (Å²) in [6.45, 7) is 6.81. The Hall–Kier alpha value is 0.0700. The number of aliphatic hydroxyl groups excluding tert-OH is 1. The maximum Gasteiger partial charge on any atom is 0.0758 e. The molecule has 1 rings (SSSR count). The van der Waals surface area contributed by atoms with E-state index in [1.54, 1.807) is 17.8 Å². The molecule has 0 bridgehead atoms. The van der Waals surface area contributed by atoms with Crippen molar-refractivity contribution in [1.29, 1.82) is 0 Å². The minimum absolute atomic E-state index is 0.0230. The first-order valence-corrected chi connectivity index (χ1v) is 7.53. The molecule has 0 aromatic heterocycles. The van der Waals surface area contributed by atoms with Gasteiger partial charge in [0.05, 0.1) is 16.1 Å². The van der Waals surface area contributed by atoms with Crippen molar-refractivity contribution in [2.75, 3.05) is 12.3 Å². The molecular weight excluding hydrogens is 289 g/mol. The molecule has 0 heterocycles. The minimum atomic E-state index is -0.385. The van der Waals surface area contributed by atoms with Crippen LogP contribution in [0.2, 0.25) is 10.0 Å². The Kier molecular flexibility index (Phi) is 6.28. The highest BCUT2D eigenvalue weighted by Gasteiger charge is 2.12. The first kappa shape index (κ1) is 16.1. The van der Waals surface area contributed by atoms with Crippen molar-refractivity contribution in [2.45, 2.75) is 37.3 Å². The highest BCUT2D eigenvalue weighted by molar-refractivity contribution is 7.99. The van der Waals surface area contributed by atoms with Crippen LogP contribution in [0.3, 0.4) is 0 Å². The number of halogens is 2. The molecule has 0 aliphatic heterocycles. The number of hydrogen-bond donors (Lipinski definition) is 2. The first-order valence-electron chi connectivity index (χ1n) is 5.79. The molecule has 0 aliphatic rings. The number of benzene rings is 1. The molecule has 1 atom stereocenters. The van der Waals surface area contributed by atoms with Crippen molar-refractivity contribution < 1.29 is 5.11 Å². The molecule has 1 unspecified atom stereocenters. The summed E-state index contributed by atoms with van der Waals surface area (Å²) in [4.78, 5) is 1.01. The highest BCUT2D eigenvalue weighted by atomic mass is 35.5. The van der Waals surface area contributed by atoms with E-state index in [2.05, 4.69) is 26.1 Å². The van der Waals surface area contributed by atoms with Gasteiger partial charge in [0.1, 0.15) is 0 Å². The number of hydrogen-bond acceptors (Lipinski definition) is 3. The van der Waals surface area contributed by atoms with Crippen LogP contribution in [0.4, 0.5) is 0 Å². The van der Waals surface area contributed by atoms with Gasteiger partial charge in [-0.2, -0.15) is 0 Å². The number of rotatable bonds is 5. The second-order valence-corrected chi connectivity index (χ2v) is 7.08. The van der Waals surface area contributed by atoms with Gasteiger partial charge in [0, 0.05) is 22.7 Å². The molecule has 0 amide bonds. The lowest BCUT2D eigenvalue weighted by atomic mass is 10.1. The van der Waals surface area contributed by atoms with Crippen LogP contribution in [0, 0.1) is 0 Å². The fourth-order valence-corrected chi connectivity index (χ4v) is 2.47. The van der Waals surface area contributed by atoms with Gasteiger partial charge in [0.2, 0.25) is 0 Å². The number of thioether (sulfide) groups is 1. The summed E-state index contributed by atoms with van der Waals surface area (Å²) in [5.41, 5.74) is 0.0230. The fraction of sp³-hybridized carbons (Fsp3) is 0.538. The van der Waals surface area contributed by atoms with Gasteiger partial charge in [-0.1, -0.05) is 23.2 Å². The molecule has 0 saturated carbocycles. The molecule has 0 spiro atoms. The van der Waals surface area contributed by atoms with Crippen LogP contribution in [0.1, 0.15) is 20.8 Å². The molecule has 0 fully saturated rings. The van der Waals surface area contributed by atoms with Gasteiger partial charge in [-0.3, -0.25) is 0 Å². The molecular formula is C13H19Cl2NOS. The molecule has 2 nitrogen and oxygen atoms in total. The number of nitrogens with one attached hydrogen (secondary N) is 1. The minimum Gasteiger partial charge on any atom is -0.391 e.